The van der Waals surface area contributed by atoms with Gasteiger partial charge in [-0.05, 0) is 10.8 Å². The zero-order chi connectivity index (χ0) is 14.8. The maximum atomic E-state index is 9.64. The standard InChI is InChI=1S/C9H18N.C5H10.2ClH.Ti/c1-8(2,3)7(10)9(4,5)6;1-2-4-5-3-1;;;/h1-6H3;1-5H2;2*1H;/q-1;;;;+2/p-2. The zero-order valence-electron chi connectivity index (χ0n) is 12.7. The Kier molecular flexibility index (Phi) is 12.7. The van der Waals surface area contributed by atoms with Crippen LogP contribution in [0, 0.1) is 10.8 Å². The van der Waals surface area contributed by atoms with E-state index < -0.39 is 17.0 Å². The van der Waals surface area contributed by atoms with E-state index in [1.54, 1.807) is 0 Å². The Labute approximate surface area is 131 Å². The average molecular weight is 329 g/mol. The van der Waals surface area contributed by atoms with Crippen LogP contribution in [-0.4, -0.2) is 5.71 Å². The molecule has 0 aromatic rings. The predicted molar refractivity (Wildman–Crippen MR) is 82.1 cm³/mol. The van der Waals surface area contributed by atoms with Crippen LogP contribution in [0.15, 0.2) is 0 Å². The van der Waals surface area contributed by atoms with Gasteiger partial charge in [0, 0.05) is 0 Å². The van der Waals surface area contributed by atoms with Crippen molar-refractivity contribution in [2.24, 2.45) is 10.8 Å². The van der Waals surface area contributed by atoms with Crippen molar-refractivity contribution in [3.63, 3.8) is 0 Å². The average Bonchev–Trinajstić information content (AvgIpc) is 2.72. The third-order valence-corrected chi connectivity index (χ3v) is 2.67. The molecule has 1 nitrogen and oxygen atoms in total. The molecular formula is C14H28Cl2NTi-. The topological polar surface area (TPSA) is 22.3 Å². The van der Waals surface area contributed by atoms with Crippen LogP contribution in [0.25, 0.3) is 5.41 Å². The summed E-state index contributed by atoms with van der Waals surface area (Å²) >= 11 is -0.556. The van der Waals surface area contributed by atoms with E-state index >= 15 is 0 Å². The molecule has 0 unspecified atom stereocenters. The van der Waals surface area contributed by atoms with Crippen molar-refractivity contribution < 1.29 is 17.0 Å². The van der Waals surface area contributed by atoms with Gasteiger partial charge in [-0.1, -0.05) is 73.6 Å². The Morgan fingerprint density at radius 1 is 0.778 bits per heavy atom. The Balaban J connectivity index is 0. The van der Waals surface area contributed by atoms with Gasteiger partial charge in [0.05, 0.1) is 0 Å². The first-order valence-electron chi connectivity index (χ1n) is 6.60. The summed E-state index contributed by atoms with van der Waals surface area (Å²) in [6, 6.07) is 0. The number of rotatable bonds is 0. The summed E-state index contributed by atoms with van der Waals surface area (Å²) in [7, 11) is 9.78. The van der Waals surface area contributed by atoms with Gasteiger partial charge >= 0.3 is 35.6 Å². The first-order valence-corrected chi connectivity index (χ1v) is 10.9. The second-order valence-corrected chi connectivity index (χ2v) is 9.27. The monoisotopic (exact) mass is 328 g/mol. The van der Waals surface area contributed by atoms with Gasteiger partial charge < -0.3 is 5.41 Å². The van der Waals surface area contributed by atoms with Crippen LogP contribution in [-0.2, 0) is 17.0 Å². The van der Waals surface area contributed by atoms with Gasteiger partial charge in [0.25, 0.3) is 0 Å². The van der Waals surface area contributed by atoms with Crippen molar-refractivity contribution in [3.8, 4) is 0 Å². The molecule has 0 bridgehead atoms. The minimum atomic E-state index is -0.556. The van der Waals surface area contributed by atoms with Crippen molar-refractivity contribution in [3.05, 3.63) is 5.41 Å². The Morgan fingerprint density at radius 2 is 0.944 bits per heavy atom. The predicted octanol–water partition coefficient (Wildman–Crippen LogP) is 6.42. The van der Waals surface area contributed by atoms with E-state index in [4.69, 9.17) is 18.6 Å². The van der Waals surface area contributed by atoms with Gasteiger partial charge in [0.15, 0.2) is 0 Å². The van der Waals surface area contributed by atoms with Gasteiger partial charge in [0.2, 0.25) is 0 Å². The second kappa shape index (κ2) is 10.7. The summed E-state index contributed by atoms with van der Waals surface area (Å²) in [6.07, 6.45) is 7.50. The normalized spacial score (nSPS) is 14.9. The molecule has 1 aliphatic rings. The van der Waals surface area contributed by atoms with Crippen molar-refractivity contribution in [2.45, 2.75) is 73.6 Å². The van der Waals surface area contributed by atoms with Gasteiger partial charge in [-0.25, -0.2) is 0 Å². The van der Waals surface area contributed by atoms with E-state index in [1.165, 1.54) is 32.1 Å². The van der Waals surface area contributed by atoms with Crippen molar-refractivity contribution in [1.29, 1.82) is 0 Å². The molecule has 0 aliphatic heterocycles. The molecule has 4 heteroatoms. The van der Waals surface area contributed by atoms with Gasteiger partial charge in [-0.2, -0.15) is 5.71 Å². The molecule has 18 heavy (non-hydrogen) atoms. The van der Waals surface area contributed by atoms with Crippen molar-refractivity contribution in [2.75, 3.05) is 0 Å². The summed E-state index contributed by atoms with van der Waals surface area (Å²) in [6.45, 7) is 12.1. The number of nitrogens with zero attached hydrogens (tertiary/aromatic N) is 1. The molecule has 0 aromatic carbocycles. The molecule has 0 amide bonds. The van der Waals surface area contributed by atoms with Crippen molar-refractivity contribution >= 4 is 24.3 Å². The summed E-state index contributed by atoms with van der Waals surface area (Å²) < 4.78 is 0. The second-order valence-electron chi connectivity index (χ2n) is 6.69. The fourth-order valence-corrected chi connectivity index (χ4v) is 2.01. The summed E-state index contributed by atoms with van der Waals surface area (Å²) in [5.41, 5.74) is 0.399. The van der Waals surface area contributed by atoms with E-state index in [0.717, 1.165) is 0 Å². The Bertz CT molecular complexity index is 189. The van der Waals surface area contributed by atoms with E-state index in [1.807, 2.05) is 41.5 Å². The number of hydrogen-bond acceptors (Lipinski definition) is 0. The van der Waals surface area contributed by atoms with E-state index in [-0.39, 0.29) is 10.8 Å². The molecule has 1 rings (SSSR count). The first-order chi connectivity index (χ1) is 8.07. The van der Waals surface area contributed by atoms with Gasteiger partial charge in [-0.15, -0.1) is 0 Å². The molecule has 0 saturated heterocycles. The number of halogens is 2. The molecule has 0 N–H and O–H groups in total. The van der Waals surface area contributed by atoms with Crippen LogP contribution in [0.4, 0.5) is 0 Å². The molecule has 0 atom stereocenters. The fraction of sp³-hybridized carbons (Fsp3) is 0.929. The summed E-state index contributed by atoms with van der Waals surface area (Å²) in [5, 5.41) is 9.64. The molecule has 1 saturated carbocycles. The molecule has 1 fully saturated rings. The first kappa shape index (κ1) is 21.3. The molecule has 0 radical (unpaired) electrons. The quantitative estimate of drug-likeness (QED) is 0.362. The maximum absolute atomic E-state index is 9.64. The Morgan fingerprint density at radius 3 is 1.00 bits per heavy atom. The molecule has 0 aromatic heterocycles. The van der Waals surface area contributed by atoms with Crippen LogP contribution >= 0.6 is 18.6 Å². The molecule has 0 spiro atoms. The van der Waals surface area contributed by atoms with Crippen LogP contribution in [0.5, 0.6) is 0 Å². The molecule has 108 valence electrons. The zero-order valence-corrected chi connectivity index (χ0v) is 15.8. The van der Waals surface area contributed by atoms with Crippen LogP contribution in [0.2, 0.25) is 0 Å². The third kappa shape index (κ3) is 13.4. The number of hydrogen-bond donors (Lipinski definition) is 0. The van der Waals surface area contributed by atoms with Gasteiger partial charge in [-0.3, -0.25) is 0 Å². The summed E-state index contributed by atoms with van der Waals surface area (Å²) in [5.74, 6) is 0. The van der Waals surface area contributed by atoms with E-state index in [2.05, 4.69) is 0 Å². The fourth-order valence-electron chi connectivity index (χ4n) is 2.01. The molecule has 1 aliphatic carbocycles. The Hall–Kier alpha value is 0.964. The summed E-state index contributed by atoms with van der Waals surface area (Å²) in [4.78, 5) is 0. The van der Waals surface area contributed by atoms with Crippen LogP contribution in [0.1, 0.15) is 73.6 Å². The van der Waals surface area contributed by atoms with Crippen molar-refractivity contribution in [1.82, 2.24) is 0 Å². The molecule has 0 heterocycles. The molecular weight excluding hydrogens is 301 g/mol. The third-order valence-electron chi connectivity index (χ3n) is 2.67. The minimum absolute atomic E-state index is 0.0851. The van der Waals surface area contributed by atoms with Crippen LogP contribution in [0.3, 0.4) is 0 Å². The van der Waals surface area contributed by atoms with Crippen LogP contribution < -0.4 is 0 Å². The SMILES string of the molecule is C1CCCC1.CC(C)(C)C(=[N-])C(C)(C)C.[Cl][Ti][Cl]. The van der Waals surface area contributed by atoms with E-state index in [0.29, 0.717) is 5.71 Å². The van der Waals surface area contributed by atoms with E-state index in [9.17, 15) is 5.41 Å². The van der Waals surface area contributed by atoms with Gasteiger partial charge in [0.1, 0.15) is 0 Å².